The lowest BCUT2D eigenvalue weighted by Crippen LogP contribution is -2.33. The van der Waals surface area contributed by atoms with E-state index in [2.05, 4.69) is 25.1 Å². The van der Waals surface area contributed by atoms with E-state index >= 15 is 0 Å². The van der Waals surface area contributed by atoms with Crippen LogP contribution in [0.15, 0.2) is 33.9 Å². The van der Waals surface area contributed by atoms with Crippen LogP contribution in [0, 0.1) is 4.78 Å². The van der Waals surface area contributed by atoms with Gasteiger partial charge in [-0.05, 0) is 25.0 Å². The van der Waals surface area contributed by atoms with Gasteiger partial charge in [0.1, 0.15) is 11.2 Å². The molecule has 0 saturated heterocycles. The van der Waals surface area contributed by atoms with Crippen molar-refractivity contribution in [3.63, 3.8) is 0 Å². The smallest absolute Gasteiger partial charge is 0.339 e. The highest BCUT2D eigenvalue weighted by molar-refractivity contribution is 7.86. The molecule has 14 heteroatoms. The number of fused-ring (bicyclic) bond motifs is 1. The molecule has 0 radical (unpaired) electrons. The number of hydrogen-bond acceptors (Lipinski definition) is 7. The van der Waals surface area contributed by atoms with Crippen molar-refractivity contribution in [1.82, 2.24) is 29.7 Å². The van der Waals surface area contributed by atoms with E-state index in [-0.39, 0.29) is 22.9 Å². The summed E-state index contributed by atoms with van der Waals surface area (Å²) in [7, 11) is 0.522. The zero-order valence-electron chi connectivity index (χ0n) is 18.4. The first-order valence-electron chi connectivity index (χ1n) is 10.5. The first-order valence-corrected chi connectivity index (χ1v) is 11.9. The van der Waals surface area contributed by atoms with Crippen LogP contribution >= 0.6 is 0 Å². The molecule has 35 heavy (non-hydrogen) atoms. The van der Waals surface area contributed by atoms with Gasteiger partial charge in [-0.1, -0.05) is 22.8 Å². The van der Waals surface area contributed by atoms with E-state index in [0.29, 0.717) is 45.9 Å². The maximum absolute atomic E-state index is 13.8. The van der Waals surface area contributed by atoms with E-state index in [9.17, 15) is 22.0 Å². The van der Waals surface area contributed by atoms with E-state index in [1.807, 2.05) is 6.92 Å². The Balaban J connectivity index is 1.61. The second-order valence-corrected chi connectivity index (χ2v) is 9.91. The maximum Gasteiger partial charge on any atom is 0.458 e. The number of pyridine rings is 2. The minimum Gasteiger partial charge on any atom is -0.339 e. The highest BCUT2D eigenvalue weighted by Crippen LogP contribution is 2.44. The minimum absolute atomic E-state index is 0.104. The summed E-state index contributed by atoms with van der Waals surface area (Å²) in [6, 6.07) is 2.38. The van der Waals surface area contributed by atoms with Crippen LogP contribution in [0.3, 0.4) is 0 Å². The molecule has 1 aliphatic rings. The Morgan fingerprint density at radius 3 is 2.51 bits per heavy atom. The van der Waals surface area contributed by atoms with Crippen molar-refractivity contribution in [1.29, 1.82) is 4.78 Å². The van der Waals surface area contributed by atoms with Gasteiger partial charge in [-0.3, -0.25) is 9.76 Å². The molecule has 0 bridgehead atoms. The molecule has 1 atom stereocenters. The fourth-order valence-electron chi connectivity index (χ4n) is 3.55. The van der Waals surface area contributed by atoms with Gasteiger partial charge in [-0.25, -0.2) is 9.97 Å². The van der Waals surface area contributed by atoms with E-state index in [1.54, 1.807) is 13.1 Å². The van der Waals surface area contributed by atoms with Crippen LogP contribution in [-0.2, 0) is 23.7 Å². The van der Waals surface area contributed by atoms with Gasteiger partial charge in [0.2, 0.25) is 11.7 Å². The van der Waals surface area contributed by atoms with Crippen LogP contribution in [0.5, 0.6) is 0 Å². The lowest BCUT2D eigenvalue weighted by atomic mass is 10.1. The van der Waals surface area contributed by atoms with Gasteiger partial charge in [0.25, 0.3) is 0 Å². The number of nitrogens with zero attached hydrogens (tertiary/aromatic N) is 6. The number of halogens is 5. The number of rotatable bonds is 6. The normalized spacial score (nSPS) is 15.6. The van der Waals surface area contributed by atoms with Crippen molar-refractivity contribution in [3.05, 3.63) is 36.0 Å². The summed E-state index contributed by atoms with van der Waals surface area (Å²) in [5.41, 5.74) is -0.504. The Hall–Kier alpha value is -3.29. The van der Waals surface area contributed by atoms with E-state index in [0.717, 1.165) is 12.8 Å². The van der Waals surface area contributed by atoms with Gasteiger partial charge in [-0.2, -0.15) is 26.9 Å². The maximum atomic E-state index is 13.8. The largest absolute Gasteiger partial charge is 0.458 e. The van der Waals surface area contributed by atoms with Gasteiger partial charge in [0.15, 0.2) is 11.5 Å². The van der Waals surface area contributed by atoms with Gasteiger partial charge in [-0.15, -0.1) is 0 Å². The lowest BCUT2D eigenvalue weighted by Gasteiger charge is -2.19. The topological polar surface area (TPSA) is 106 Å². The molecule has 1 saturated carbocycles. The van der Waals surface area contributed by atoms with Gasteiger partial charge in [0.05, 0.1) is 5.56 Å². The van der Waals surface area contributed by atoms with Gasteiger partial charge < -0.3 is 9.09 Å². The Labute approximate surface area is 197 Å². The highest BCUT2D eigenvalue weighted by Gasteiger charge is 2.59. The lowest BCUT2D eigenvalue weighted by molar-refractivity contribution is -0.289. The third-order valence-electron chi connectivity index (χ3n) is 5.67. The van der Waals surface area contributed by atoms with Crippen molar-refractivity contribution in [3.8, 4) is 22.9 Å². The molecular weight excluding hydrogens is 493 g/mol. The fraction of sp³-hybridized carbons (Fsp3) is 0.381. The predicted octanol–water partition coefficient (Wildman–Crippen LogP) is 5.37. The third kappa shape index (κ3) is 3.98. The predicted molar refractivity (Wildman–Crippen MR) is 116 cm³/mol. The molecule has 4 heterocycles. The third-order valence-corrected chi connectivity index (χ3v) is 7.09. The standard InChI is InChI=1S/C21H18F5N7OS/c1-3-35(27)14-6-11(16-31-19(34-32-16)10-4-5-10)8-28-15(14)18-30-13-7-12(9-29-17(13)33(18)2)20(22,23)21(24,25)26/h6-10,27H,3-5H2,1-2H3. The summed E-state index contributed by atoms with van der Waals surface area (Å²) >= 11 is 0. The molecule has 0 spiro atoms. The Kier molecular flexibility index (Phi) is 5.45. The molecule has 0 amide bonds. The molecule has 1 N–H and O–H groups in total. The molecule has 1 aliphatic carbocycles. The summed E-state index contributed by atoms with van der Waals surface area (Å²) < 4.78 is 81.4. The minimum atomic E-state index is -5.76. The monoisotopic (exact) mass is 511 g/mol. The summed E-state index contributed by atoms with van der Waals surface area (Å²) in [5.74, 6) is -3.26. The fourth-order valence-corrected chi connectivity index (χ4v) is 4.51. The molecule has 0 aromatic carbocycles. The summed E-state index contributed by atoms with van der Waals surface area (Å²) in [5, 5.41) is 4.00. The van der Waals surface area contributed by atoms with Gasteiger partial charge in [0, 0.05) is 41.6 Å². The average Bonchev–Trinajstić information content (AvgIpc) is 3.47. The summed E-state index contributed by atoms with van der Waals surface area (Å²) in [6.45, 7) is 1.83. The quantitative estimate of drug-likeness (QED) is 0.349. The Bertz CT molecular complexity index is 1460. The van der Waals surface area contributed by atoms with Crippen molar-refractivity contribution in [2.24, 2.45) is 7.05 Å². The zero-order chi connectivity index (χ0) is 25.1. The van der Waals surface area contributed by atoms with Crippen LogP contribution < -0.4 is 0 Å². The summed E-state index contributed by atoms with van der Waals surface area (Å²) in [6.07, 6.45) is -1.79. The number of imidazole rings is 1. The van der Waals surface area contributed by atoms with E-state index in [1.165, 1.54) is 10.8 Å². The van der Waals surface area contributed by atoms with Crippen molar-refractivity contribution >= 4 is 21.9 Å². The van der Waals surface area contributed by atoms with E-state index < -0.39 is 28.4 Å². The van der Waals surface area contributed by atoms with Crippen LogP contribution in [0.25, 0.3) is 34.1 Å². The second-order valence-electron chi connectivity index (χ2n) is 8.11. The summed E-state index contributed by atoms with van der Waals surface area (Å²) in [4.78, 5) is 17.4. The number of aryl methyl sites for hydroxylation is 1. The van der Waals surface area contributed by atoms with Crippen molar-refractivity contribution in [2.45, 2.75) is 42.7 Å². The van der Waals surface area contributed by atoms with Gasteiger partial charge >= 0.3 is 12.1 Å². The molecule has 4 aromatic rings. The number of aromatic nitrogens is 6. The number of nitrogens with one attached hydrogen (secondary N) is 1. The van der Waals surface area contributed by atoms with Crippen molar-refractivity contribution < 1.29 is 26.5 Å². The molecule has 5 rings (SSSR count). The Morgan fingerprint density at radius 2 is 1.86 bits per heavy atom. The number of alkyl halides is 5. The van der Waals surface area contributed by atoms with Crippen LogP contribution in [0.4, 0.5) is 22.0 Å². The highest BCUT2D eigenvalue weighted by atomic mass is 32.2. The molecular formula is C21H18F5N7OS. The molecule has 0 aliphatic heterocycles. The molecule has 4 aromatic heterocycles. The first kappa shape index (κ1) is 23.5. The second kappa shape index (κ2) is 8.14. The molecule has 1 unspecified atom stereocenters. The number of hydrogen-bond donors (Lipinski definition) is 1. The van der Waals surface area contributed by atoms with Crippen molar-refractivity contribution in [2.75, 3.05) is 5.75 Å². The molecule has 1 fully saturated rings. The first-order chi connectivity index (χ1) is 16.5. The SMILES string of the molecule is CCS(=N)c1cc(-c2noc(C3CC3)n2)cnc1-c1nc2cc(C(F)(F)C(F)(F)F)cnc2n1C. The Morgan fingerprint density at radius 1 is 1.11 bits per heavy atom. The van der Waals surface area contributed by atoms with Crippen LogP contribution in [0.2, 0.25) is 0 Å². The van der Waals surface area contributed by atoms with Crippen LogP contribution in [0.1, 0.15) is 37.1 Å². The van der Waals surface area contributed by atoms with Crippen LogP contribution in [-0.4, -0.2) is 41.6 Å². The average molecular weight is 511 g/mol. The zero-order valence-corrected chi connectivity index (χ0v) is 19.2. The molecule has 184 valence electrons. The van der Waals surface area contributed by atoms with E-state index in [4.69, 9.17) is 9.30 Å². The molecule has 8 nitrogen and oxygen atoms in total.